The van der Waals surface area contributed by atoms with Gasteiger partial charge in [-0.3, -0.25) is 4.79 Å². The van der Waals surface area contributed by atoms with Crippen molar-refractivity contribution in [3.63, 3.8) is 0 Å². The van der Waals surface area contributed by atoms with Gasteiger partial charge in [0, 0.05) is 7.05 Å². The maximum Gasteiger partial charge on any atom is 0.170 e. The molecule has 94 valence electrons. The summed E-state index contributed by atoms with van der Waals surface area (Å²) in [4.78, 5) is 11.5. The van der Waals surface area contributed by atoms with Gasteiger partial charge in [0.1, 0.15) is 18.7 Å². The van der Waals surface area contributed by atoms with Crippen molar-refractivity contribution in [1.82, 2.24) is 14.8 Å². The van der Waals surface area contributed by atoms with Gasteiger partial charge in [-0.2, -0.15) is 0 Å². The molecule has 0 N–H and O–H groups in total. The van der Waals surface area contributed by atoms with E-state index in [1.54, 1.807) is 17.0 Å². The number of aryl methyl sites for hydroxylation is 2. The van der Waals surface area contributed by atoms with E-state index in [2.05, 4.69) is 10.2 Å². The Morgan fingerprint density at radius 3 is 2.83 bits per heavy atom. The molecule has 2 rings (SSSR count). The molecule has 0 saturated heterocycles. The molecule has 0 aliphatic carbocycles. The number of carbonyl (C=O) groups excluding carboxylic acids is 1. The van der Waals surface area contributed by atoms with Crippen molar-refractivity contribution < 1.29 is 9.53 Å². The fourth-order valence-corrected chi connectivity index (χ4v) is 1.62. The maximum atomic E-state index is 11.5. The zero-order chi connectivity index (χ0) is 13.1. The van der Waals surface area contributed by atoms with Crippen molar-refractivity contribution in [2.75, 3.05) is 0 Å². The maximum absolute atomic E-state index is 11.5. The number of nitrogens with zero attached hydrogens (tertiary/aromatic N) is 3. The van der Waals surface area contributed by atoms with E-state index in [0.29, 0.717) is 23.7 Å². The minimum absolute atomic E-state index is 0.0111. The van der Waals surface area contributed by atoms with Gasteiger partial charge in [-0.1, -0.05) is 6.07 Å². The molecule has 5 nitrogen and oxygen atoms in total. The Balaban J connectivity index is 2.20. The van der Waals surface area contributed by atoms with Gasteiger partial charge < -0.3 is 9.30 Å². The molecule has 0 unspecified atom stereocenters. The Kier molecular flexibility index (Phi) is 3.41. The average Bonchev–Trinajstić information content (AvgIpc) is 2.72. The first kappa shape index (κ1) is 12.3. The Hall–Kier alpha value is -2.17. The molecule has 0 amide bonds. The van der Waals surface area contributed by atoms with Crippen molar-refractivity contribution in [2.24, 2.45) is 7.05 Å². The molecule has 1 aromatic heterocycles. The first-order chi connectivity index (χ1) is 8.58. The van der Waals surface area contributed by atoms with E-state index in [9.17, 15) is 4.79 Å². The highest BCUT2D eigenvalue weighted by molar-refractivity contribution is 5.96. The quantitative estimate of drug-likeness (QED) is 0.772. The zero-order valence-corrected chi connectivity index (χ0v) is 10.7. The standard InChI is InChI=1S/C13H15N3O2/c1-9-4-5-11(10(2)17)12(6-9)18-7-13-15-14-8-16(13)3/h4-6,8H,7H2,1-3H3. The van der Waals surface area contributed by atoms with Gasteiger partial charge in [-0.25, -0.2) is 0 Å². The molecule has 2 aromatic rings. The molecule has 0 atom stereocenters. The summed E-state index contributed by atoms with van der Waals surface area (Å²) in [6.45, 7) is 3.78. The van der Waals surface area contributed by atoms with Crippen LogP contribution < -0.4 is 4.74 Å². The second-order valence-electron chi connectivity index (χ2n) is 4.20. The molecule has 5 heteroatoms. The molecular weight excluding hydrogens is 230 g/mol. The molecule has 0 saturated carbocycles. The second kappa shape index (κ2) is 5.00. The Labute approximate surface area is 105 Å². The van der Waals surface area contributed by atoms with Gasteiger partial charge in [0.25, 0.3) is 0 Å². The van der Waals surface area contributed by atoms with Crippen molar-refractivity contribution in [2.45, 2.75) is 20.5 Å². The number of Topliss-reactive ketones (excluding diaryl/α,β-unsaturated/α-hetero) is 1. The molecule has 0 spiro atoms. The number of benzene rings is 1. The van der Waals surface area contributed by atoms with E-state index in [4.69, 9.17) is 4.74 Å². The summed E-state index contributed by atoms with van der Waals surface area (Å²) in [6, 6.07) is 5.53. The largest absolute Gasteiger partial charge is 0.485 e. The number of hydrogen-bond donors (Lipinski definition) is 0. The van der Waals surface area contributed by atoms with Crippen LogP contribution in [-0.4, -0.2) is 20.5 Å². The van der Waals surface area contributed by atoms with Crippen LogP contribution in [0.15, 0.2) is 24.5 Å². The zero-order valence-electron chi connectivity index (χ0n) is 10.7. The van der Waals surface area contributed by atoms with Crippen LogP contribution in [0.4, 0.5) is 0 Å². The molecule has 0 fully saturated rings. The van der Waals surface area contributed by atoms with Crippen LogP contribution in [0.5, 0.6) is 5.75 Å². The monoisotopic (exact) mass is 245 g/mol. The molecule has 18 heavy (non-hydrogen) atoms. The first-order valence-corrected chi connectivity index (χ1v) is 5.65. The Bertz CT molecular complexity index is 575. The molecule has 0 radical (unpaired) electrons. The average molecular weight is 245 g/mol. The van der Waals surface area contributed by atoms with Crippen molar-refractivity contribution >= 4 is 5.78 Å². The van der Waals surface area contributed by atoms with Gasteiger partial charge in [0.05, 0.1) is 5.56 Å². The second-order valence-corrected chi connectivity index (χ2v) is 4.20. The third kappa shape index (κ3) is 2.56. The number of ether oxygens (including phenoxy) is 1. The topological polar surface area (TPSA) is 57.0 Å². The summed E-state index contributed by atoms with van der Waals surface area (Å²) >= 11 is 0. The first-order valence-electron chi connectivity index (χ1n) is 5.65. The number of aromatic nitrogens is 3. The van der Waals surface area contributed by atoms with Gasteiger partial charge in [0.15, 0.2) is 11.6 Å². The number of carbonyl (C=O) groups is 1. The van der Waals surface area contributed by atoms with Crippen LogP contribution in [0.25, 0.3) is 0 Å². The minimum Gasteiger partial charge on any atom is -0.485 e. The lowest BCUT2D eigenvalue weighted by Gasteiger charge is -2.10. The highest BCUT2D eigenvalue weighted by Gasteiger charge is 2.10. The van der Waals surface area contributed by atoms with Crippen molar-refractivity contribution in [1.29, 1.82) is 0 Å². The van der Waals surface area contributed by atoms with Crippen LogP contribution in [0.1, 0.15) is 28.7 Å². The van der Waals surface area contributed by atoms with Gasteiger partial charge >= 0.3 is 0 Å². The SMILES string of the molecule is CC(=O)c1ccc(C)cc1OCc1nncn1C. The number of ketones is 1. The summed E-state index contributed by atoms with van der Waals surface area (Å²) in [5, 5.41) is 7.71. The molecular formula is C13H15N3O2. The predicted molar refractivity (Wildman–Crippen MR) is 66.5 cm³/mol. The smallest absolute Gasteiger partial charge is 0.170 e. The van der Waals surface area contributed by atoms with Gasteiger partial charge in [-0.05, 0) is 31.5 Å². The summed E-state index contributed by atoms with van der Waals surface area (Å²) in [5.74, 6) is 1.29. The van der Waals surface area contributed by atoms with Crippen LogP contribution in [0.2, 0.25) is 0 Å². The molecule has 1 aromatic carbocycles. The normalized spacial score (nSPS) is 10.4. The molecule has 0 aliphatic rings. The lowest BCUT2D eigenvalue weighted by atomic mass is 10.1. The van der Waals surface area contributed by atoms with Crippen LogP contribution >= 0.6 is 0 Å². The van der Waals surface area contributed by atoms with Crippen molar-refractivity contribution in [3.8, 4) is 5.75 Å². The van der Waals surface area contributed by atoms with E-state index in [0.717, 1.165) is 5.56 Å². The molecule has 0 aliphatic heterocycles. The van der Waals surface area contributed by atoms with Crippen molar-refractivity contribution in [3.05, 3.63) is 41.5 Å². The fourth-order valence-electron chi connectivity index (χ4n) is 1.62. The highest BCUT2D eigenvalue weighted by Crippen LogP contribution is 2.21. The van der Waals surface area contributed by atoms with E-state index in [1.807, 2.05) is 26.1 Å². The number of rotatable bonds is 4. The molecule has 1 heterocycles. The summed E-state index contributed by atoms with van der Waals surface area (Å²) in [5.41, 5.74) is 1.63. The molecule has 0 bridgehead atoms. The lowest BCUT2D eigenvalue weighted by molar-refractivity contribution is 0.101. The third-order valence-electron chi connectivity index (χ3n) is 2.68. The Morgan fingerprint density at radius 2 is 2.22 bits per heavy atom. The summed E-state index contributed by atoms with van der Waals surface area (Å²) < 4.78 is 7.44. The predicted octanol–water partition coefficient (Wildman–Crippen LogP) is 1.91. The lowest BCUT2D eigenvalue weighted by Crippen LogP contribution is -2.06. The van der Waals surface area contributed by atoms with Crippen LogP contribution in [0, 0.1) is 6.92 Å². The highest BCUT2D eigenvalue weighted by atomic mass is 16.5. The van der Waals surface area contributed by atoms with Gasteiger partial charge in [0.2, 0.25) is 0 Å². The fraction of sp³-hybridized carbons (Fsp3) is 0.308. The summed E-state index contributed by atoms with van der Waals surface area (Å²) in [6.07, 6.45) is 1.61. The van der Waals surface area contributed by atoms with Crippen LogP contribution in [-0.2, 0) is 13.7 Å². The van der Waals surface area contributed by atoms with E-state index >= 15 is 0 Å². The Morgan fingerprint density at radius 1 is 1.44 bits per heavy atom. The van der Waals surface area contributed by atoms with Gasteiger partial charge in [-0.15, -0.1) is 10.2 Å². The number of hydrogen-bond acceptors (Lipinski definition) is 4. The minimum atomic E-state index is -0.0111. The van der Waals surface area contributed by atoms with Crippen LogP contribution in [0.3, 0.4) is 0 Å². The van der Waals surface area contributed by atoms with E-state index < -0.39 is 0 Å². The third-order valence-corrected chi connectivity index (χ3v) is 2.68. The summed E-state index contributed by atoms with van der Waals surface area (Å²) in [7, 11) is 1.85. The van der Waals surface area contributed by atoms with E-state index in [-0.39, 0.29) is 5.78 Å². The van der Waals surface area contributed by atoms with E-state index in [1.165, 1.54) is 6.92 Å².